The van der Waals surface area contributed by atoms with Gasteiger partial charge in [-0.2, -0.15) is 0 Å². The molecule has 0 atom stereocenters. The molecule has 0 aliphatic heterocycles. The van der Waals surface area contributed by atoms with Gasteiger partial charge in [0.15, 0.2) is 5.43 Å². The highest BCUT2D eigenvalue weighted by molar-refractivity contribution is 7.25. The van der Waals surface area contributed by atoms with E-state index in [1.54, 1.807) is 12.1 Å². The Labute approximate surface area is 210 Å². The number of unbranched alkanes of at least 4 members (excludes halogenated alkanes) is 1. The molecule has 8 nitrogen and oxygen atoms in total. The molecule has 186 valence electrons. The van der Waals surface area contributed by atoms with Crippen molar-refractivity contribution in [3.8, 4) is 11.5 Å². The van der Waals surface area contributed by atoms with Gasteiger partial charge in [-0.1, -0.05) is 18.7 Å². The molecule has 0 spiro atoms. The molecular formula is C25H28O8SSi. The lowest BCUT2D eigenvalue weighted by molar-refractivity contribution is -0.340. The number of esters is 1. The predicted molar refractivity (Wildman–Crippen MR) is 136 cm³/mol. The van der Waals surface area contributed by atoms with Crippen LogP contribution in [0.25, 0.3) is 20.2 Å². The second-order valence-corrected chi connectivity index (χ2v) is 9.24. The molecule has 1 aromatic heterocycles. The standard InChI is InChI=1S/C25H28O8SSi/c1-5-21(26)32-15-9-8-14-31-18-12-13-19(33-35-16-25(28-2,29-3)30-4)24-22(18)23(27)17-10-6-7-11-20(17)34-24/h5-7,10-13H,1,8-9,14-16H2,2-4H3. The molecule has 0 unspecified atom stereocenters. The van der Waals surface area contributed by atoms with Crippen molar-refractivity contribution in [1.82, 2.24) is 0 Å². The van der Waals surface area contributed by atoms with E-state index in [1.165, 1.54) is 32.7 Å². The van der Waals surface area contributed by atoms with E-state index >= 15 is 0 Å². The summed E-state index contributed by atoms with van der Waals surface area (Å²) in [6, 6.07) is 11.4. The zero-order chi connectivity index (χ0) is 25.3. The van der Waals surface area contributed by atoms with Crippen LogP contribution in [0, 0.1) is 0 Å². The molecular weight excluding hydrogens is 488 g/mol. The fourth-order valence-corrected chi connectivity index (χ4v) is 5.56. The van der Waals surface area contributed by atoms with E-state index in [4.69, 9.17) is 28.1 Å². The zero-order valence-electron chi connectivity index (χ0n) is 20.0. The Hall–Kier alpha value is -2.76. The maximum atomic E-state index is 13.4. The number of hydrogen-bond acceptors (Lipinski definition) is 9. The third kappa shape index (κ3) is 6.47. The Balaban J connectivity index is 1.84. The largest absolute Gasteiger partial charge is 0.540 e. The average molecular weight is 517 g/mol. The number of ether oxygens (including phenoxy) is 5. The quantitative estimate of drug-likeness (QED) is 0.0782. The first-order chi connectivity index (χ1) is 17.0. The highest BCUT2D eigenvalue weighted by atomic mass is 32.1. The van der Waals surface area contributed by atoms with Crippen molar-refractivity contribution in [3.05, 3.63) is 59.3 Å². The van der Waals surface area contributed by atoms with E-state index in [9.17, 15) is 9.59 Å². The number of rotatable bonds is 14. The van der Waals surface area contributed by atoms with E-state index in [2.05, 4.69) is 6.58 Å². The molecule has 0 bridgehead atoms. The van der Waals surface area contributed by atoms with Crippen molar-refractivity contribution in [2.75, 3.05) is 34.5 Å². The Morgan fingerprint density at radius 3 is 2.43 bits per heavy atom. The Morgan fingerprint density at radius 2 is 1.71 bits per heavy atom. The van der Waals surface area contributed by atoms with Crippen molar-refractivity contribution in [3.63, 3.8) is 0 Å². The molecule has 0 amide bonds. The highest BCUT2D eigenvalue weighted by Crippen LogP contribution is 2.37. The topological polar surface area (TPSA) is 89.5 Å². The lowest BCUT2D eigenvalue weighted by Gasteiger charge is -2.27. The van der Waals surface area contributed by atoms with Crippen LogP contribution in [-0.2, 0) is 23.7 Å². The minimum Gasteiger partial charge on any atom is -0.540 e. The predicted octanol–water partition coefficient (Wildman–Crippen LogP) is 4.31. The molecule has 3 aromatic rings. The minimum atomic E-state index is -1.20. The van der Waals surface area contributed by atoms with Gasteiger partial charge in [-0.25, -0.2) is 4.79 Å². The zero-order valence-corrected chi connectivity index (χ0v) is 21.8. The molecule has 2 aromatic carbocycles. The second-order valence-electron chi connectivity index (χ2n) is 7.34. The van der Waals surface area contributed by atoms with Gasteiger partial charge in [-0.15, -0.1) is 11.3 Å². The number of hydrogen-bond donors (Lipinski definition) is 0. The number of benzene rings is 2. The molecule has 0 saturated carbocycles. The monoisotopic (exact) mass is 516 g/mol. The van der Waals surface area contributed by atoms with Gasteiger partial charge >= 0.3 is 15.7 Å². The molecule has 10 heteroatoms. The first-order valence-electron chi connectivity index (χ1n) is 10.9. The highest BCUT2D eigenvalue weighted by Gasteiger charge is 2.30. The van der Waals surface area contributed by atoms with Crippen LogP contribution in [0.1, 0.15) is 12.8 Å². The molecule has 0 N–H and O–H groups in total. The maximum absolute atomic E-state index is 13.4. The first kappa shape index (κ1) is 26.8. The summed E-state index contributed by atoms with van der Waals surface area (Å²) >= 11 is 1.47. The summed E-state index contributed by atoms with van der Waals surface area (Å²) in [4.78, 5) is 24.6. The van der Waals surface area contributed by atoms with Crippen molar-refractivity contribution in [2.45, 2.75) is 24.9 Å². The van der Waals surface area contributed by atoms with Gasteiger partial charge in [-0.05, 0) is 37.1 Å². The van der Waals surface area contributed by atoms with Crippen LogP contribution in [0.3, 0.4) is 0 Å². The number of methoxy groups -OCH3 is 3. The van der Waals surface area contributed by atoms with Gasteiger partial charge in [0.1, 0.15) is 11.5 Å². The van der Waals surface area contributed by atoms with E-state index in [0.717, 1.165) is 10.8 Å². The van der Waals surface area contributed by atoms with E-state index < -0.39 is 11.9 Å². The lowest BCUT2D eigenvalue weighted by atomic mass is 10.1. The van der Waals surface area contributed by atoms with Crippen molar-refractivity contribution in [1.29, 1.82) is 0 Å². The van der Waals surface area contributed by atoms with Gasteiger partial charge < -0.3 is 28.1 Å². The molecule has 0 aliphatic carbocycles. The van der Waals surface area contributed by atoms with E-state index in [0.29, 0.717) is 52.5 Å². The number of carbonyl (C=O) groups is 1. The molecule has 2 radical (unpaired) electrons. The second kappa shape index (κ2) is 12.8. The molecule has 35 heavy (non-hydrogen) atoms. The van der Waals surface area contributed by atoms with Crippen LogP contribution < -0.4 is 14.6 Å². The summed E-state index contributed by atoms with van der Waals surface area (Å²) in [6.07, 6.45) is 2.42. The molecule has 0 aliphatic rings. The van der Waals surface area contributed by atoms with Crippen LogP contribution in [0.2, 0.25) is 6.04 Å². The van der Waals surface area contributed by atoms with Crippen LogP contribution >= 0.6 is 11.3 Å². The molecule has 0 saturated heterocycles. The third-order valence-electron chi connectivity index (χ3n) is 5.27. The molecule has 3 rings (SSSR count). The average Bonchev–Trinajstić information content (AvgIpc) is 2.89. The van der Waals surface area contributed by atoms with Gasteiger partial charge in [0.05, 0.1) is 29.3 Å². The summed E-state index contributed by atoms with van der Waals surface area (Å²) < 4.78 is 34.6. The van der Waals surface area contributed by atoms with Crippen molar-refractivity contribution >= 4 is 47.2 Å². The third-order valence-corrected chi connectivity index (χ3v) is 7.39. The summed E-state index contributed by atoms with van der Waals surface area (Å²) in [5.74, 6) is -0.578. The van der Waals surface area contributed by atoms with E-state index in [1.807, 2.05) is 24.3 Å². The van der Waals surface area contributed by atoms with Crippen LogP contribution in [0.4, 0.5) is 0 Å². The Bertz CT molecular complexity index is 1210. The smallest absolute Gasteiger partial charge is 0.330 e. The normalized spacial score (nSPS) is 11.5. The van der Waals surface area contributed by atoms with E-state index in [-0.39, 0.29) is 21.8 Å². The van der Waals surface area contributed by atoms with Gasteiger partial charge in [0, 0.05) is 37.5 Å². The summed E-state index contributed by atoms with van der Waals surface area (Å²) in [6.45, 7) is 4.03. The molecule has 1 heterocycles. The fraction of sp³-hybridized carbons (Fsp3) is 0.360. The summed E-state index contributed by atoms with van der Waals surface area (Å²) in [7, 11) is 4.46. The lowest BCUT2D eigenvalue weighted by Crippen LogP contribution is -2.37. The van der Waals surface area contributed by atoms with Gasteiger partial charge in [-0.3, -0.25) is 4.79 Å². The Kier molecular flexibility index (Phi) is 9.81. The Morgan fingerprint density at radius 1 is 1.03 bits per heavy atom. The molecule has 0 fully saturated rings. The van der Waals surface area contributed by atoms with Crippen molar-refractivity contribution in [2.24, 2.45) is 0 Å². The van der Waals surface area contributed by atoms with Crippen molar-refractivity contribution < 1.29 is 32.9 Å². The first-order valence-corrected chi connectivity index (χ1v) is 12.9. The number of carbonyl (C=O) groups excluding carboxylic acids is 1. The SMILES string of the molecule is C=CC(=O)OCCCCOc1ccc(O[Si]CC(OC)(OC)OC)c2sc3ccccc3c(=O)c12. The van der Waals surface area contributed by atoms with Crippen LogP contribution in [0.15, 0.2) is 53.8 Å². The number of fused-ring (bicyclic) bond motifs is 2. The maximum Gasteiger partial charge on any atom is 0.330 e. The van der Waals surface area contributed by atoms with Gasteiger partial charge in [0.25, 0.3) is 5.97 Å². The van der Waals surface area contributed by atoms with Gasteiger partial charge in [0.2, 0.25) is 0 Å². The fourth-order valence-electron chi connectivity index (χ4n) is 3.34. The minimum absolute atomic E-state index is 0.0460. The van der Waals surface area contributed by atoms with Crippen LogP contribution in [-0.4, -0.2) is 56.2 Å². The van der Waals surface area contributed by atoms with Crippen LogP contribution in [0.5, 0.6) is 11.5 Å². The summed E-state index contributed by atoms with van der Waals surface area (Å²) in [5, 5.41) is 1.11. The summed E-state index contributed by atoms with van der Waals surface area (Å²) in [5.41, 5.74) is -0.113.